The van der Waals surface area contributed by atoms with E-state index in [2.05, 4.69) is 14.8 Å². The van der Waals surface area contributed by atoms with Crippen molar-refractivity contribution in [1.82, 2.24) is 0 Å². The zero-order valence-corrected chi connectivity index (χ0v) is 13.1. The monoisotopic (exact) mass is 250 g/mol. The summed E-state index contributed by atoms with van der Waals surface area (Å²) in [6, 6.07) is 0. The van der Waals surface area contributed by atoms with E-state index in [1.54, 1.807) is 0 Å². The highest BCUT2D eigenvalue weighted by atomic mass is 14.2. The maximum Gasteiger partial charge on any atom is 0.105 e. The molecule has 1 unspecified atom stereocenters. The fraction of sp³-hybridized carbons (Fsp3) is 1.00. The van der Waals surface area contributed by atoms with E-state index < -0.39 is 0 Å². The molecule has 1 rings (SSSR count). The van der Waals surface area contributed by atoms with E-state index in [1.807, 2.05) is 0 Å². The average molecular weight is 250 g/mol. The van der Waals surface area contributed by atoms with Gasteiger partial charge in [0.05, 0.1) is 0 Å². The van der Waals surface area contributed by atoms with Gasteiger partial charge in [-0.2, -0.15) is 0 Å². The van der Waals surface area contributed by atoms with Crippen LogP contribution in [0.3, 0.4) is 0 Å². The Kier molecular flexibility index (Phi) is 9.80. The van der Waals surface area contributed by atoms with Crippen LogP contribution < -0.4 is 0 Å². The van der Waals surface area contributed by atoms with Crippen LogP contribution in [0.25, 0.3) is 0 Å². The first-order valence-corrected chi connectivity index (χ1v) is 8.79. The third kappa shape index (κ3) is 9.06. The quantitative estimate of drug-likeness (QED) is 0.412. The first kappa shape index (κ1) is 16.1. The van der Waals surface area contributed by atoms with Crippen LogP contribution in [0.2, 0.25) is 5.82 Å². The Morgan fingerprint density at radius 2 is 1.39 bits per heavy atom. The highest BCUT2D eigenvalue weighted by Gasteiger charge is 2.10. The Morgan fingerprint density at radius 3 is 2.00 bits per heavy atom. The van der Waals surface area contributed by atoms with Gasteiger partial charge in [0, 0.05) is 0 Å². The smallest absolute Gasteiger partial charge is 0.0725 e. The molecule has 1 saturated carbocycles. The van der Waals surface area contributed by atoms with Crippen molar-refractivity contribution in [3.05, 3.63) is 0 Å². The van der Waals surface area contributed by atoms with E-state index >= 15 is 0 Å². The Balaban J connectivity index is 1.98. The first-order chi connectivity index (χ1) is 8.79. The minimum absolute atomic E-state index is 0.902. The maximum atomic E-state index is 2.34. The van der Waals surface area contributed by atoms with Crippen LogP contribution in [0.5, 0.6) is 0 Å². The number of hydrogen-bond donors (Lipinski definition) is 0. The molecule has 1 aliphatic carbocycles. The first-order valence-electron chi connectivity index (χ1n) is 8.79. The zero-order chi connectivity index (χ0) is 13.1. The predicted molar refractivity (Wildman–Crippen MR) is 86.1 cm³/mol. The van der Waals surface area contributed by atoms with Gasteiger partial charge in [-0.1, -0.05) is 103 Å². The Hall–Kier alpha value is 0.0649. The topological polar surface area (TPSA) is 0 Å². The van der Waals surface area contributed by atoms with Gasteiger partial charge in [0.15, 0.2) is 0 Å². The van der Waals surface area contributed by atoms with Crippen LogP contribution in [-0.4, -0.2) is 7.85 Å². The summed E-state index contributed by atoms with van der Waals surface area (Å²) in [4.78, 5) is 0. The van der Waals surface area contributed by atoms with Gasteiger partial charge in [0.25, 0.3) is 0 Å². The molecule has 0 bridgehead atoms. The Labute approximate surface area is 117 Å². The molecule has 0 N–H and O–H groups in total. The van der Waals surface area contributed by atoms with E-state index in [4.69, 9.17) is 0 Å². The number of hydrogen-bond acceptors (Lipinski definition) is 0. The normalized spacial score (nSPS) is 20.9. The summed E-state index contributed by atoms with van der Waals surface area (Å²) in [5, 5.41) is 0. The van der Waals surface area contributed by atoms with Crippen molar-refractivity contribution in [2.24, 2.45) is 5.92 Å². The molecule has 0 spiro atoms. The molecule has 0 aromatic heterocycles. The molecule has 0 aliphatic heterocycles. The van der Waals surface area contributed by atoms with Crippen molar-refractivity contribution in [2.75, 3.05) is 0 Å². The van der Waals surface area contributed by atoms with Gasteiger partial charge in [0.2, 0.25) is 0 Å². The average Bonchev–Trinajstić information content (AvgIpc) is 2.47. The summed E-state index contributed by atoms with van der Waals surface area (Å²) >= 11 is 0. The molecule has 0 radical (unpaired) electrons. The minimum Gasteiger partial charge on any atom is -0.0725 e. The van der Waals surface area contributed by atoms with Gasteiger partial charge in [-0.05, 0) is 5.92 Å². The largest absolute Gasteiger partial charge is 0.105 e. The van der Waals surface area contributed by atoms with Crippen molar-refractivity contribution in [2.45, 2.75) is 103 Å². The lowest BCUT2D eigenvalue weighted by Gasteiger charge is -2.15. The van der Waals surface area contributed by atoms with Crippen molar-refractivity contribution in [3.8, 4) is 0 Å². The van der Waals surface area contributed by atoms with E-state index in [0.29, 0.717) is 0 Å². The lowest BCUT2D eigenvalue weighted by Crippen LogP contribution is -2.00. The summed E-state index contributed by atoms with van der Waals surface area (Å²) in [7, 11) is 2.34. The lowest BCUT2D eigenvalue weighted by molar-refractivity contribution is 0.382. The van der Waals surface area contributed by atoms with Crippen molar-refractivity contribution in [3.63, 3.8) is 0 Å². The molecular weight excluding hydrogens is 215 g/mol. The summed E-state index contributed by atoms with van der Waals surface area (Å²) in [6.07, 6.45) is 21.0. The van der Waals surface area contributed by atoms with Crippen LogP contribution in [0.1, 0.15) is 96.8 Å². The van der Waals surface area contributed by atoms with Crippen molar-refractivity contribution < 1.29 is 0 Å². The number of rotatable bonds is 7. The standard InChI is InChI=1S/C17H35B/c1-16(18)12-8-6-7-11-15-17-13-9-4-2-3-5-10-14-17/h16-17H,2-15,18H2,1H3. The van der Waals surface area contributed by atoms with Gasteiger partial charge in [-0.3, -0.25) is 0 Å². The van der Waals surface area contributed by atoms with Crippen molar-refractivity contribution >= 4 is 7.85 Å². The fourth-order valence-electron chi connectivity index (χ4n) is 3.35. The van der Waals surface area contributed by atoms with Crippen LogP contribution >= 0.6 is 0 Å². The molecule has 0 nitrogen and oxygen atoms in total. The van der Waals surface area contributed by atoms with Crippen LogP contribution in [0.4, 0.5) is 0 Å². The second-order valence-electron chi connectivity index (χ2n) is 6.95. The molecule has 0 heterocycles. The van der Waals surface area contributed by atoms with Crippen LogP contribution in [0.15, 0.2) is 0 Å². The van der Waals surface area contributed by atoms with E-state index in [-0.39, 0.29) is 0 Å². The second kappa shape index (κ2) is 10.9. The van der Waals surface area contributed by atoms with Crippen LogP contribution in [-0.2, 0) is 0 Å². The molecule has 1 aliphatic rings. The van der Waals surface area contributed by atoms with Gasteiger partial charge < -0.3 is 0 Å². The minimum atomic E-state index is 0.902. The van der Waals surface area contributed by atoms with E-state index in [1.165, 1.54) is 89.9 Å². The van der Waals surface area contributed by atoms with Crippen LogP contribution in [0, 0.1) is 5.92 Å². The molecule has 1 heteroatoms. The molecule has 1 fully saturated rings. The summed E-state index contributed by atoms with van der Waals surface area (Å²) in [5.74, 6) is 1.98. The predicted octanol–water partition coefficient (Wildman–Crippen LogP) is 5.52. The van der Waals surface area contributed by atoms with E-state index in [9.17, 15) is 0 Å². The molecule has 0 saturated heterocycles. The fourth-order valence-corrected chi connectivity index (χ4v) is 3.35. The highest BCUT2D eigenvalue weighted by molar-refractivity contribution is 6.11. The summed E-state index contributed by atoms with van der Waals surface area (Å²) < 4.78 is 0. The summed E-state index contributed by atoms with van der Waals surface area (Å²) in [6.45, 7) is 2.34. The van der Waals surface area contributed by atoms with Gasteiger partial charge in [0.1, 0.15) is 7.85 Å². The molecule has 18 heavy (non-hydrogen) atoms. The maximum absolute atomic E-state index is 2.34. The highest BCUT2D eigenvalue weighted by Crippen LogP contribution is 2.26. The summed E-state index contributed by atoms with van der Waals surface area (Å²) in [5.41, 5.74) is 0. The molecule has 0 amide bonds. The van der Waals surface area contributed by atoms with Crippen molar-refractivity contribution in [1.29, 1.82) is 0 Å². The Morgan fingerprint density at radius 1 is 0.833 bits per heavy atom. The molecular formula is C17H35B. The lowest BCUT2D eigenvalue weighted by atomic mass is 9.84. The molecule has 0 aromatic rings. The zero-order valence-electron chi connectivity index (χ0n) is 13.1. The molecule has 106 valence electrons. The second-order valence-corrected chi connectivity index (χ2v) is 6.95. The van der Waals surface area contributed by atoms with Gasteiger partial charge in [-0.15, -0.1) is 0 Å². The van der Waals surface area contributed by atoms with Gasteiger partial charge in [-0.25, -0.2) is 0 Å². The van der Waals surface area contributed by atoms with Gasteiger partial charge >= 0.3 is 0 Å². The third-order valence-electron chi connectivity index (χ3n) is 4.62. The third-order valence-corrected chi connectivity index (χ3v) is 4.62. The molecule has 0 aromatic carbocycles. The van der Waals surface area contributed by atoms with E-state index in [0.717, 1.165) is 11.7 Å². The molecule has 1 atom stereocenters. The SMILES string of the molecule is BC(C)CCCCCCC1CCCCCCCC1. The number of unbranched alkanes of at least 4 members (excludes halogenated alkanes) is 3. The Bertz CT molecular complexity index is 166.